The number of hydrogen-bond acceptors (Lipinski definition) is 4. The summed E-state index contributed by atoms with van der Waals surface area (Å²) in [6.07, 6.45) is 2.76. The third-order valence-corrected chi connectivity index (χ3v) is 3.45. The van der Waals surface area contributed by atoms with Crippen LogP contribution in [0.25, 0.3) is 6.08 Å². The average molecular weight is 360 g/mol. The minimum absolute atomic E-state index is 0.397. The standard InChI is InChI=1S/C19H18ClNO4/c1-2-24-17-10-6-5-9-16(17)21-18(22)13-25-19(23)12-11-14-7-3-4-8-15(14)20/h3-12H,2,13H2,1H3,(H,21,22)/b12-11+. The van der Waals surface area contributed by atoms with Crippen LogP contribution in [-0.2, 0) is 14.3 Å². The van der Waals surface area contributed by atoms with Gasteiger partial charge in [-0.1, -0.05) is 41.9 Å². The first-order valence-corrected chi connectivity index (χ1v) is 8.09. The van der Waals surface area contributed by atoms with E-state index in [1.54, 1.807) is 48.5 Å². The van der Waals surface area contributed by atoms with Crippen molar-refractivity contribution in [2.75, 3.05) is 18.5 Å². The molecule has 2 aromatic carbocycles. The molecule has 0 aliphatic heterocycles. The van der Waals surface area contributed by atoms with Crippen LogP contribution in [0.2, 0.25) is 5.02 Å². The first kappa shape index (κ1) is 18.5. The molecule has 6 heteroatoms. The molecule has 2 rings (SSSR count). The van der Waals surface area contributed by atoms with Crippen molar-refractivity contribution in [3.63, 3.8) is 0 Å². The Kier molecular flexibility index (Phi) is 7.04. The molecule has 0 aliphatic carbocycles. The molecule has 0 saturated heterocycles. The SMILES string of the molecule is CCOc1ccccc1NC(=O)COC(=O)/C=C/c1ccccc1Cl. The molecule has 0 aliphatic rings. The number of esters is 1. The molecule has 1 N–H and O–H groups in total. The minimum Gasteiger partial charge on any atom is -0.492 e. The lowest BCUT2D eigenvalue weighted by atomic mass is 10.2. The Labute approximate surface area is 151 Å². The minimum atomic E-state index is -0.631. The molecule has 2 aromatic rings. The lowest BCUT2D eigenvalue weighted by Gasteiger charge is -2.11. The zero-order valence-corrected chi connectivity index (χ0v) is 14.5. The summed E-state index contributed by atoms with van der Waals surface area (Å²) in [5.74, 6) is -0.525. The zero-order valence-electron chi connectivity index (χ0n) is 13.7. The van der Waals surface area contributed by atoms with Crippen molar-refractivity contribution in [1.82, 2.24) is 0 Å². The lowest BCUT2D eigenvalue weighted by Crippen LogP contribution is -2.20. The molecule has 0 unspecified atom stereocenters. The quantitative estimate of drug-likeness (QED) is 0.601. The molecule has 0 heterocycles. The van der Waals surface area contributed by atoms with Gasteiger partial charge < -0.3 is 14.8 Å². The third kappa shape index (κ3) is 5.97. The van der Waals surface area contributed by atoms with Gasteiger partial charge in [0.05, 0.1) is 12.3 Å². The number of carbonyl (C=O) groups excluding carboxylic acids is 2. The number of nitrogens with one attached hydrogen (secondary N) is 1. The van der Waals surface area contributed by atoms with Crippen LogP contribution in [0, 0.1) is 0 Å². The molecule has 1 amide bonds. The van der Waals surface area contributed by atoms with E-state index in [-0.39, 0.29) is 0 Å². The molecule has 25 heavy (non-hydrogen) atoms. The fourth-order valence-electron chi connectivity index (χ4n) is 1.99. The van der Waals surface area contributed by atoms with E-state index in [1.165, 1.54) is 12.2 Å². The van der Waals surface area contributed by atoms with Crippen LogP contribution in [0.15, 0.2) is 54.6 Å². The number of rotatable bonds is 7. The van der Waals surface area contributed by atoms with Crippen LogP contribution in [0.4, 0.5) is 5.69 Å². The average Bonchev–Trinajstić information content (AvgIpc) is 2.61. The summed E-state index contributed by atoms with van der Waals surface area (Å²) >= 11 is 5.99. The first-order chi connectivity index (χ1) is 12.1. The van der Waals surface area contributed by atoms with Gasteiger partial charge in [-0.3, -0.25) is 4.79 Å². The van der Waals surface area contributed by atoms with Crippen molar-refractivity contribution in [3.8, 4) is 5.75 Å². The van der Waals surface area contributed by atoms with Gasteiger partial charge in [0, 0.05) is 11.1 Å². The summed E-state index contributed by atoms with van der Waals surface area (Å²) in [6.45, 7) is 1.94. The Bertz CT molecular complexity index is 774. The van der Waals surface area contributed by atoms with Gasteiger partial charge in [-0.2, -0.15) is 0 Å². The van der Waals surface area contributed by atoms with E-state index >= 15 is 0 Å². The molecule has 0 saturated carbocycles. The molecule has 0 atom stereocenters. The molecule has 130 valence electrons. The summed E-state index contributed by atoms with van der Waals surface area (Å²) in [5.41, 5.74) is 1.22. The Hall–Kier alpha value is -2.79. The van der Waals surface area contributed by atoms with Gasteiger partial charge in [0.25, 0.3) is 5.91 Å². The van der Waals surface area contributed by atoms with Crippen molar-refractivity contribution in [2.24, 2.45) is 0 Å². The third-order valence-electron chi connectivity index (χ3n) is 3.11. The summed E-state index contributed by atoms with van der Waals surface area (Å²) in [6, 6.07) is 14.1. The highest BCUT2D eigenvalue weighted by Gasteiger charge is 2.09. The number of para-hydroxylation sites is 2. The fraction of sp³-hybridized carbons (Fsp3) is 0.158. The molecule has 0 fully saturated rings. The molecule has 0 radical (unpaired) electrons. The molecule has 0 bridgehead atoms. The van der Waals surface area contributed by atoms with Crippen LogP contribution in [0.1, 0.15) is 12.5 Å². The maximum atomic E-state index is 11.9. The predicted octanol–water partition coefficient (Wildman–Crippen LogP) is 3.93. The van der Waals surface area contributed by atoms with Gasteiger partial charge in [0.15, 0.2) is 6.61 Å². The van der Waals surface area contributed by atoms with Crippen LogP contribution >= 0.6 is 11.6 Å². The molecular formula is C19H18ClNO4. The Morgan fingerprint density at radius 1 is 1.12 bits per heavy atom. The van der Waals surface area contributed by atoms with E-state index in [1.807, 2.05) is 6.92 Å². The van der Waals surface area contributed by atoms with E-state index in [2.05, 4.69) is 5.32 Å². The Balaban J connectivity index is 1.86. The number of amides is 1. The van der Waals surface area contributed by atoms with Gasteiger partial charge in [0.1, 0.15) is 5.75 Å². The lowest BCUT2D eigenvalue weighted by molar-refractivity contribution is -0.142. The smallest absolute Gasteiger partial charge is 0.331 e. The van der Waals surface area contributed by atoms with Crippen LogP contribution in [-0.4, -0.2) is 25.1 Å². The maximum absolute atomic E-state index is 11.9. The van der Waals surface area contributed by atoms with Crippen LogP contribution in [0.5, 0.6) is 5.75 Å². The number of carbonyl (C=O) groups is 2. The van der Waals surface area contributed by atoms with E-state index in [0.717, 1.165) is 0 Å². The van der Waals surface area contributed by atoms with Gasteiger partial charge in [0.2, 0.25) is 0 Å². The van der Waals surface area contributed by atoms with E-state index in [9.17, 15) is 9.59 Å². The normalized spacial score (nSPS) is 10.5. The second-order valence-corrected chi connectivity index (χ2v) is 5.35. The zero-order chi connectivity index (χ0) is 18.1. The number of ether oxygens (including phenoxy) is 2. The predicted molar refractivity (Wildman–Crippen MR) is 97.7 cm³/mol. The first-order valence-electron chi connectivity index (χ1n) is 7.71. The van der Waals surface area contributed by atoms with Gasteiger partial charge in [-0.15, -0.1) is 0 Å². The number of anilines is 1. The van der Waals surface area contributed by atoms with Crippen molar-refractivity contribution in [3.05, 3.63) is 65.2 Å². The van der Waals surface area contributed by atoms with E-state index in [0.29, 0.717) is 28.6 Å². The monoisotopic (exact) mass is 359 g/mol. The Morgan fingerprint density at radius 2 is 1.84 bits per heavy atom. The highest BCUT2D eigenvalue weighted by Crippen LogP contribution is 2.23. The summed E-state index contributed by atoms with van der Waals surface area (Å²) in [5, 5.41) is 3.17. The van der Waals surface area contributed by atoms with E-state index < -0.39 is 18.5 Å². The Morgan fingerprint density at radius 3 is 2.60 bits per heavy atom. The summed E-state index contributed by atoms with van der Waals surface area (Å²) in [4.78, 5) is 23.6. The van der Waals surface area contributed by atoms with Crippen LogP contribution < -0.4 is 10.1 Å². The number of hydrogen-bond donors (Lipinski definition) is 1. The van der Waals surface area contributed by atoms with Gasteiger partial charge in [-0.25, -0.2) is 4.79 Å². The van der Waals surface area contributed by atoms with Crippen molar-refractivity contribution < 1.29 is 19.1 Å². The summed E-state index contributed by atoms with van der Waals surface area (Å²) < 4.78 is 10.3. The second kappa shape index (κ2) is 9.49. The topological polar surface area (TPSA) is 64.6 Å². The van der Waals surface area contributed by atoms with Crippen LogP contribution in [0.3, 0.4) is 0 Å². The number of benzene rings is 2. The molecule has 0 spiro atoms. The summed E-state index contributed by atoms with van der Waals surface area (Å²) in [7, 11) is 0. The second-order valence-electron chi connectivity index (χ2n) is 4.94. The maximum Gasteiger partial charge on any atom is 0.331 e. The highest BCUT2D eigenvalue weighted by molar-refractivity contribution is 6.32. The fourth-order valence-corrected chi connectivity index (χ4v) is 2.19. The van der Waals surface area contributed by atoms with Crippen molar-refractivity contribution >= 4 is 35.2 Å². The highest BCUT2D eigenvalue weighted by atomic mass is 35.5. The van der Waals surface area contributed by atoms with Crippen molar-refractivity contribution in [2.45, 2.75) is 6.92 Å². The van der Waals surface area contributed by atoms with E-state index in [4.69, 9.17) is 21.1 Å². The number of halogens is 1. The molecule has 5 nitrogen and oxygen atoms in total. The largest absolute Gasteiger partial charge is 0.492 e. The van der Waals surface area contributed by atoms with Gasteiger partial charge in [-0.05, 0) is 36.8 Å². The van der Waals surface area contributed by atoms with Gasteiger partial charge >= 0.3 is 5.97 Å². The van der Waals surface area contributed by atoms with Crippen molar-refractivity contribution in [1.29, 1.82) is 0 Å². The molecule has 0 aromatic heterocycles. The molecular weight excluding hydrogens is 342 g/mol.